The molecule has 0 amide bonds. The molecule has 1 unspecified atom stereocenters. The number of carboxylic acids is 1. The maximum Gasteiger partial charge on any atom is 0.306 e. The van der Waals surface area contributed by atoms with Gasteiger partial charge in [0.05, 0.1) is 24.0 Å². The number of carboxylic acid groups (broad SMARTS) is 1. The van der Waals surface area contributed by atoms with Gasteiger partial charge in [0.15, 0.2) is 5.65 Å². The van der Waals surface area contributed by atoms with E-state index in [-0.39, 0.29) is 5.92 Å². The number of hydrogen-bond donors (Lipinski definition) is 3. The molecule has 9 heteroatoms. The van der Waals surface area contributed by atoms with Crippen molar-refractivity contribution in [3.8, 4) is 0 Å². The highest BCUT2D eigenvalue weighted by Crippen LogP contribution is 2.37. The first-order chi connectivity index (χ1) is 12.7. The number of aryl methyl sites for hydroxylation is 1. The van der Waals surface area contributed by atoms with Crippen molar-refractivity contribution in [3.63, 3.8) is 0 Å². The first-order valence-electron chi connectivity index (χ1n) is 8.23. The highest BCUT2D eigenvalue weighted by molar-refractivity contribution is 7.18. The summed E-state index contributed by atoms with van der Waals surface area (Å²) in [5, 5.41) is 21.1. The largest absolute Gasteiger partial charge is 0.481 e. The summed E-state index contributed by atoms with van der Waals surface area (Å²) in [5.74, 6) is -0.520. The van der Waals surface area contributed by atoms with Crippen molar-refractivity contribution >= 4 is 50.2 Å². The molecule has 1 aliphatic rings. The predicted molar refractivity (Wildman–Crippen MR) is 97.7 cm³/mol. The Kier molecular flexibility index (Phi) is 3.35. The highest BCUT2D eigenvalue weighted by Gasteiger charge is 2.27. The van der Waals surface area contributed by atoms with Crippen molar-refractivity contribution in [2.24, 2.45) is 5.92 Å². The smallest absolute Gasteiger partial charge is 0.306 e. The lowest BCUT2D eigenvalue weighted by Crippen LogP contribution is -2.20. The molecule has 1 atom stereocenters. The molecule has 0 aromatic carbocycles. The minimum absolute atomic E-state index is 0.297. The van der Waals surface area contributed by atoms with E-state index in [1.807, 2.05) is 12.3 Å². The zero-order valence-corrected chi connectivity index (χ0v) is 14.4. The number of aromatic nitrogens is 5. The summed E-state index contributed by atoms with van der Waals surface area (Å²) in [6, 6.07) is 1.93. The van der Waals surface area contributed by atoms with Gasteiger partial charge in [-0.2, -0.15) is 5.10 Å². The van der Waals surface area contributed by atoms with Crippen LogP contribution < -0.4 is 5.32 Å². The number of nitrogens with one attached hydrogen (secondary N) is 2. The van der Waals surface area contributed by atoms with Gasteiger partial charge in [-0.1, -0.05) is 0 Å². The molecule has 4 aromatic rings. The fourth-order valence-electron chi connectivity index (χ4n) is 3.37. The average molecular weight is 366 g/mol. The number of aliphatic carboxylic acids is 1. The fraction of sp³-hybridized carbons (Fsp3) is 0.235. The van der Waals surface area contributed by atoms with Crippen molar-refractivity contribution in [2.75, 3.05) is 5.32 Å². The number of thiophene rings is 1. The van der Waals surface area contributed by atoms with Crippen molar-refractivity contribution in [1.82, 2.24) is 25.1 Å². The van der Waals surface area contributed by atoms with Crippen LogP contribution in [0.4, 0.5) is 11.6 Å². The lowest BCUT2D eigenvalue weighted by molar-refractivity contribution is -0.142. The van der Waals surface area contributed by atoms with Gasteiger partial charge in [-0.3, -0.25) is 9.89 Å². The Labute approximate surface area is 151 Å². The topological polar surface area (TPSA) is 117 Å². The van der Waals surface area contributed by atoms with E-state index in [4.69, 9.17) is 0 Å². The molecule has 0 radical (unpaired) electrons. The number of anilines is 2. The predicted octanol–water partition coefficient (Wildman–Crippen LogP) is 2.90. The molecule has 1 aliphatic carbocycles. The Morgan fingerprint density at radius 2 is 2.23 bits per heavy atom. The van der Waals surface area contributed by atoms with Gasteiger partial charge in [-0.25, -0.2) is 15.0 Å². The van der Waals surface area contributed by atoms with Gasteiger partial charge < -0.3 is 10.4 Å². The number of nitrogens with zero attached hydrogens (tertiary/aromatic N) is 4. The average Bonchev–Trinajstić information content (AvgIpc) is 3.24. The Balaban J connectivity index is 1.47. The van der Waals surface area contributed by atoms with Gasteiger partial charge in [0, 0.05) is 21.8 Å². The van der Waals surface area contributed by atoms with Crippen LogP contribution in [0.2, 0.25) is 0 Å². The van der Waals surface area contributed by atoms with E-state index in [1.165, 1.54) is 5.56 Å². The van der Waals surface area contributed by atoms with E-state index in [0.29, 0.717) is 18.8 Å². The number of rotatable bonds is 3. The third-order valence-corrected chi connectivity index (χ3v) is 5.87. The van der Waals surface area contributed by atoms with Crippen LogP contribution in [0, 0.1) is 5.92 Å². The molecule has 0 saturated carbocycles. The van der Waals surface area contributed by atoms with Gasteiger partial charge in [0.1, 0.15) is 4.83 Å². The van der Waals surface area contributed by atoms with Gasteiger partial charge in [0.25, 0.3) is 0 Å². The van der Waals surface area contributed by atoms with Gasteiger partial charge in [-0.15, -0.1) is 11.3 Å². The first kappa shape index (κ1) is 15.2. The minimum atomic E-state index is -0.719. The maximum absolute atomic E-state index is 11.3. The standard InChI is InChI=1S/C17H14N6O2S/c24-16(25)8-1-2-11-12-7-19-17(22-15(12)26-13(11)4-8)21-10-3-9-5-20-23-14(9)18-6-10/h3,5-8H,1-2,4H2,(H,24,25)(H,18,20,23)(H,19,21,22). The number of H-pyrrole nitrogens is 1. The number of pyridine rings is 1. The molecule has 0 aliphatic heterocycles. The summed E-state index contributed by atoms with van der Waals surface area (Å²) in [5.41, 5.74) is 2.71. The summed E-state index contributed by atoms with van der Waals surface area (Å²) in [4.78, 5) is 26.6. The van der Waals surface area contributed by atoms with Crippen LogP contribution in [0.3, 0.4) is 0 Å². The Bertz CT molecular complexity index is 1150. The molecule has 4 aromatic heterocycles. The lowest BCUT2D eigenvalue weighted by Gasteiger charge is -2.17. The second-order valence-electron chi connectivity index (χ2n) is 6.35. The molecule has 8 nitrogen and oxygen atoms in total. The molecule has 26 heavy (non-hydrogen) atoms. The van der Waals surface area contributed by atoms with Gasteiger partial charge in [0.2, 0.25) is 5.95 Å². The number of hydrogen-bond acceptors (Lipinski definition) is 7. The molecule has 130 valence electrons. The van der Waals surface area contributed by atoms with E-state index in [2.05, 4.69) is 30.5 Å². The van der Waals surface area contributed by atoms with Crippen LogP contribution in [0.25, 0.3) is 21.3 Å². The van der Waals surface area contributed by atoms with Crippen molar-refractivity contribution in [2.45, 2.75) is 19.3 Å². The summed E-state index contributed by atoms with van der Waals surface area (Å²) < 4.78 is 0. The number of fused-ring (bicyclic) bond motifs is 4. The Hall–Kier alpha value is -3.07. The summed E-state index contributed by atoms with van der Waals surface area (Å²) in [6.45, 7) is 0. The number of aromatic amines is 1. The first-order valence-corrected chi connectivity index (χ1v) is 9.05. The maximum atomic E-state index is 11.3. The Morgan fingerprint density at radius 1 is 1.31 bits per heavy atom. The normalized spacial score (nSPS) is 16.7. The van der Waals surface area contributed by atoms with Gasteiger partial charge >= 0.3 is 5.97 Å². The second-order valence-corrected chi connectivity index (χ2v) is 7.43. The van der Waals surface area contributed by atoms with Crippen LogP contribution >= 0.6 is 11.3 Å². The second kappa shape index (κ2) is 5.73. The quantitative estimate of drug-likeness (QED) is 0.510. The molecule has 0 fully saturated rings. The van der Waals surface area contributed by atoms with Crippen LogP contribution in [-0.4, -0.2) is 36.2 Å². The third kappa shape index (κ3) is 2.48. The molecule has 0 saturated heterocycles. The van der Waals surface area contributed by atoms with E-state index in [0.717, 1.165) is 38.2 Å². The summed E-state index contributed by atoms with van der Waals surface area (Å²) in [6.07, 6.45) is 7.25. The minimum Gasteiger partial charge on any atom is -0.481 e. The SMILES string of the molecule is O=C(O)C1CCc2c(sc3nc(Nc4cnc5[nH]ncc5c4)ncc23)C1. The molecular formula is C17H14N6O2S. The van der Waals surface area contributed by atoms with E-state index < -0.39 is 5.97 Å². The summed E-state index contributed by atoms with van der Waals surface area (Å²) in [7, 11) is 0. The van der Waals surface area contributed by atoms with E-state index >= 15 is 0 Å². The molecule has 3 N–H and O–H groups in total. The molecular weight excluding hydrogens is 352 g/mol. The molecule has 4 heterocycles. The Morgan fingerprint density at radius 3 is 3.12 bits per heavy atom. The third-order valence-electron chi connectivity index (χ3n) is 4.71. The summed E-state index contributed by atoms with van der Waals surface area (Å²) >= 11 is 1.56. The lowest BCUT2D eigenvalue weighted by atomic mass is 9.88. The van der Waals surface area contributed by atoms with E-state index in [1.54, 1.807) is 23.7 Å². The monoisotopic (exact) mass is 366 g/mol. The van der Waals surface area contributed by atoms with Crippen molar-refractivity contribution < 1.29 is 9.90 Å². The fourth-order valence-corrected chi connectivity index (χ4v) is 4.64. The van der Waals surface area contributed by atoms with Crippen molar-refractivity contribution in [1.29, 1.82) is 0 Å². The zero-order valence-electron chi connectivity index (χ0n) is 13.6. The van der Waals surface area contributed by atoms with Crippen LogP contribution in [0.15, 0.2) is 24.7 Å². The van der Waals surface area contributed by atoms with E-state index in [9.17, 15) is 9.90 Å². The highest BCUT2D eigenvalue weighted by atomic mass is 32.1. The van der Waals surface area contributed by atoms with Crippen LogP contribution in [0.1, 0.15) is 16.9 Å². The molecule has 0 bridgehead atoms. The molecule has 5 rings (SSSR count). The van der Waals surface area contributed by atoms with Crippen LogP contribution in [0.5, 0.6) is 0 Å². The number of carbonyl (C=O) groups is 1. The zero-order chi connectivity index (χ0) is 17.7. The van der Waals surface area contributed by atoms with Gasteiger partial charge in [-0.05, 0) is 30.9 Å². The molecule has 0 spiro atoms. The van der Waals surface area contributed by atoms with Crippen molar-refractivity contribution in [3.05, 3.63) is 35.1 Å². The van der Waals surface area contributed by atoms with Crippen LogP contribution in [-0.2, 0) is 17.6 Å².